The third-order valence-corrected chi connectivity index (χ3v) is 8.17. The van der Waals surface area contributed by atoms with Crippen LogP contribution in [0.2, 0.25) is 0 Å². The first-order valence-electron chi connectivity index (χ1n) is 8.92. The molecule has 0 radical (unpaired) electrons. The molecule has 0 heterocycles. The molecule has 0 fully saturated rings. The Morgan fingerprint density at radius 3 is 2.00 bits per heavy atom. The third-order valence-electron chi connectivity index (χ3n) is 4.86. The predicted octanol–water partition coefficient (Wildman–Crippen LogP) is 4.74. The summed E-state index contributed by atoms with van der Waals surface area (Å²) in [5, 5.41) is 3.02. The molecule has 0 aliphatic heterocycles. The van der Waals surface area contributed by atoms with Gasteiger partial charge in [-0.3, -0.25) is 0 Å². The van der Waals surface area contributed by atoms with E-state index in [0.717, 1.165) is 0 Å². The fourth-order valence-electron chi connectivity index (χ4n) is 3.67. The van der Waals surface area contributed by atoms with Crippen LogP contribution in [0.25, 0.3) is 10.8 Å². The van der Waals surface area contributed by atoms with Crippen molar-refractivity contribution < 1.29 is 0 Å². The van der Waals surface area contributed by atoms with E-state index in [0.29, 0.717) is 15.0 Å². The maximum absolute atomic E-state index is 2.38. The molecule has 0 bridgehead atoms. The minimum atomic E-state index is 0.326. The molecule has 0 saturated heterocycles. The summed E-state index contributed by atoms with van der Waals surface area (Å²) >= 11 is 2.22. The zero-order chi connectivity index (χ0) is 17.3. The van der Waals surface area contributed by atoms with Gasteiger partial charge in [0.05, 0.1) is 0 Å². The van der Waals surface area contributed by atoms with Gasteiger partial charge in [-0.2, -0.15) is 0 Å². The Morgan fingerprint density at radius 2 is 1.27 bits per heavy atom. The third kappa shape index (κ3) is 2.99. The first-order valence-corrected chi connectivity index (χ1v) is 11.4. The molecular weight excluding hydrogens is 399 g/mol. The van der Waals surface area contributed by atoms with Crippen molar-refractivity contribution in [2.45, 2.75) is 22.6 Å². The quantitative estimate of drug-likeness (QED) is 0.432. The SMILES string of the molecule is c1ccc(Sc2ccc3c4c(ccc([Se]c5ccccc5)c24)CC3)cc1. The van der Waals surface area contributed by atoms with E-state index in [1.807, 2.05) is 11.8 Å². The van der Waals surface area contributed by atoms with Gasteiger partial charge in [-0.1, -0.05) is 0 Å². The fourth-order valence-corrected chi connectivity index (χ4v) is 6.90. The fraction of sp³-hybridized carbons (Fsp3) is 0.0833. The van der Waals surface area contributed by atoms with Crippen molar-refractivity contribution in [3.05, 3.63) is 96.1 Å². The zero-order valence-electron chi connectivity index (χ0n) is 14.3. The molecule has 1 aliphatic rings. The first kappa shape index (κ1) is 16.2. The van der Waals surface area contributed by atoms with Crippen molar-refractivity contribution in [2.75, 3.05) is 0 Å². The number of rotatable bonds is 4. The van der Waals surface area contributed by atoms with Gasteiger partial charge in [0.25, 0.3) is 0 Å². The van der Waals surface area contributed by atoms with Gasteiger partial charge < -0.3 is 0 Å². The van der Waals surface area contributed by atoms with Gasteiger partial charge in [0.2, 0.25) is 0 Å². The second-order valence-electron chi connectivity index (χ2n) is 6.53. The number of hydrogen-bond acceptors (Lipinski definition) is 1. The molecule has 1 aliphatic carbocycles. The zero-order valence-corrected chi connectivity index (χ0v) is 16.8. The van der Waals surface area contributed by atoms with Crippen LogP contribution in [0.5, 0.6) is 0 Å². The second-order valence-corrected chi connectivity index (χ2v) is 9.98. The molecule has 0 nitrogen and oxygen atoms in total. The van der Waals surface area contributed by atoms with E-state index in [4.69, 9.17) is 0 Å². The van der Waals surface area contributed by atoms with Crippen LogP contribution in [0.1, 0.15) is 11.1 Å². The molecule has 0 amide bonds. The van der Waals surface area contributed by atoms with E-state index in [1.54, 1.807) is 0 Å². The molecule has 5 rings (SSSR count). The average molecular weight is 417 g/mol. The molecule has 26 heavy (non-hydrogen) atoms. The molecule has 0 unspecified atom stereocenters. The van der Waals surface area contributed by atoms with Gasteiger partial charge in [0, 0.05) is 0 Å². The van der Waals surface area contributed by atoms with Gasteiger partial charge in [-0.25, -0.2) is 0 Å². The van der Waals surface area contributed by atoms with Crippen molar-refractivity contribution in [3.8, 4) is 0 Å². The summed E-state index contributed by atoms with van der Waals surface area (Å²) in [4.78, 5) is 2.70. The normalized spacial score (nSPS) is 12.6. The van der Waals surface area contributed by atoms with Crippen molar-refractivity contribution in [1.29, 1.82) is 0 Å². The summed E-state index contributed by atoms with van der Waals surface area (Å²) in [5.41, 5.74) is 3.05. The summed E-state index contributed by atoms with van der Waals surface area (Å²) in [6, 6.07) is 31.1. The Morgan fingerprint density at radius 1 is 0.615 bits per heavy atom. The molecule has 0 N–H and O–H groups in total. The predicted molar refractivity (Wildman–Crippen MR) is 113 cm³/mol. The molecular formula is C24H18SSe. The summed E-state index contributed by atoms with van der Waals surface area (Å²) in [6.45, 7) is 0. The van der Waals surface area contributed by atoms with Crippen molar-refractivity contribution in [3.63, 3.8) is 0 Å². The van der Waals surface area contributed by atoms with E-state index < -0.39 is 0 Å². The van der Waals surface area contributed by atoms with E-state index in [2.05, 4.69) is 84.9 Å². The van der Waals surface area contributed by atoms with Gasteiger partial charge in [0.1, 0.15) is 0 Å². The second kappa shape index (κ2) is 6.96. The van der Waals surface area contributed by atoms with E-state index in [1.165, 1.54) is 53.5 Å². The number of aryl methyl sites for hydroxylation is 2. The molecule has 0 aromatic heterocycles. The van der Waals surface area contributed by atoms with Crippen molar-refractivity contribution >= 4 is 46.4 Å². The Hall–Kier alpha value is -1.99. The molecule has 126 valence electrons. The molecule has 2 heteroatoms. The summed E-state index contributed by atoms with van der Waals surface area (Å²) in [5.74, 6) is 0. The summed E-state index contributed by atoms with van der Waals surface area (Å²) < 4.78 is 2.94. The maximum atomic E-state index is 2.38. The minimum absolute atomic E-state index is 0.326. The first-order chi connectivity index (χ1) is 12.9. The Bertz CT molecular complexity index is 987. The summed E-state index contributed by atoms with van der Waals surface area (Å²) in [7, 11) is 0. The van der Waals surface area contributed by atoms with Crippen LogP contribution in [-0.2, 0) is 12.8 Å². The van der Waals surface area contributed by atoms with Crippen molar-refractivity contribution in [2.24, 2.45) is 0 Å². The van der Waals surface area contributed by atoms with Gasteiger partial charge in [0.15, 0.2) is 0 Å². The van der Waals surface area contributed by atoms with Crippen LogP contribution >= 0.6 is 11.8 Å². The molecule has 4 aromatic rings. The van der Waals surface area contributed by atoms with Crippen molar-refractivity contribution in [1.82, 2.24) is 0 Å². The molecule has 0 saturated carbocycles. The van der Waals surface area contributed by atoms with Gasteiger partial charge in [-0.15, -0.1) is 0 Å². The van der Waals surface area contributed by atoms with Crippen LogP contribution < -0.4 is 8.92 Å². The summed E-state index contributed by atoms with van der Waals surface area (Å²) in [6.07, 6.45) is 2.37. The van der Waals surface area contributed by atoms with Crippen LogP contribution in [0, 0.1) is 0 Å². The molecule has 4 aromatic carbocycles. The monoisotopic (exact) mass is 418 g/mol. The van der Waals surface area contributed by atoms with E-state index in [-0.39, 0.29) is 0 Å². The van der Waals surface area contributed by atoms with E-state index in [9.17, 15) is 0 Å². The van der Waals surface area contributed by atoms with Crippen LogP contribution in [0.4, 0.5) is 0 Å². The number of benzene rings is 4. The van der Waals surface area contributed by atoms with Crippen LogP contribution in [0.15, 0.2) is 94.7 Å². The van der Waals surface area contributed by atoms with Gasteiger partial charge in [-0.05, 0) is 0 Å². The van der Waals surface area contributed by atoms with Crippen LogP contribution in [-0.4, -0.2) is 15.0 Å². The molecule has 0 atom stereocenters. The Labute approximate surface area is 164 Å². The van der Waals surface area contributed by atoms with Crippen LogP contribution in [0.3, 0.4) is 0 Å². The van der Waals surface area contributed by atoms with Gasteiger partial charge >= 0.3 is 165 Å². The number of hydrogen-bond donors (Lipinski definition) is 0. The van der Waals surface area contributed by atoms with E-state index >= 15 is 0 Å². The average Bonchev–Trinajstić information content (AvgIpc) is 3.11. The topological polar surface area (TPSA) is 0 Å². The Balaban J connectivity index is 1.68. The molecule has 0 spiro atoms. The Kier molecular flexibility index (Phi) is 4.34. The standard InChI is InChI=1S/C24H18SSe/c1-3-7-19(8-4-1)25-21-15-13-17-11-12-18-14-16-22(24(21)23(17)18)26-20-9-5-2-6-10-20/h1-10,13-16H,11-12H2.